The smallest absolute Gasteiger partial charge is 0.146 e. The third-order valence-electron chi connectivity index (χ3n) is 12.0. The van der Waals surface area contributed by atoms with Gasteiger partial charge in [-0.1, -0.05) is 122 Å². The standard InChI is InChI=1S/C50H33N3/c1-50-24-12-11-14-34(50)29-38-42-26-32-13-5-8-19-44(32)51-49(42)53-46-21-10-7-18-37(46)40-27-33(28-41(48(40)53)43(38)30-50)31-22-23-47-39(25-31)36-17-6-9-20-45(36)52(47)35-15-3-2-4-16-35/h2-30,34H,1H3. The van der Waals surface area contributed by atoms with Gasteiger partial charge in [-0.15, -0.1) is 0 Å². The van der Waals surface area contributed by atoms with E-state index in [4.69, 9.17) is 4.98 Å². The van der Waals surface area contributed by atoms with Crippen LogP contribution in [0.4, 0.5) is 0 Å². The number of benzene rings is 6. The van der Waals surface area contributed by atoms with Crippen molar-refractivity contribution in [2.24, 2.45) is 11.3 Å². The molecule has 0 amide bonds. The summed E-state index contributed by atoms with van der Waals surface area (Å²) in [5, 5.41) is 6.15. The van der Waals surface area contributed by atoms with Crippen LogP contribution in [0.15, 0.2) is 176 Å². The summed E-state index contributed by atoms with van der Waals surface area (Å²) in [5.41, 5.74) is 14.2. The maximum absolute atomic E-state index is 5.47. The van der Waals surface area contributed by atoms with E-state index in [1.165, 1.54) is 82.7 Å². The summed E-state index contributed by atoms with van der Waals surface area (Å²) in [6, 6.07) is 51.1. The Morgan fingerprint density at radius 2 is 1.28 bits per heavy atom. The lowest BCUT2D eigenvalue weighted by Gasteiger charge is -2.36. The number of hydrogen-bond donors (Lipinski definition) is 0. The number of pyridine rings is 1. The number of aromatic nitrogens is 3. The van der Waals surface area contributed by atoms with E-state index in [0.717, 1.165) is 16.7 Å². The predicted molar refractivity (Wildman–Crippen MR) is 222 cm³/mol. The minimum Gasteiger partial charge on any atom is -0.309 e. The van der Waals surface area contributed by atoms with Crippen LogP contribution >= 0.6 is 0 Å². The molecule has 2 atom stereocenters. The summed E-state index contributed by atoms with van der Waals surface area (Å²) in [6.07, 6.45) is 14.2. The Kier molecular flexibility index (Phi) is 5.69. The van der Waals surface area contributed by atoms with E-state index in [0.29, 0.717) is 0 Å². The molecule has 6 aromatic carbocycles. The quantitative estimate of drug-likeness (QED) is 0.179. The zero-order chi connectivity index (χ0) is 34.8. The maximum atomic E-state index is 5.47. The van der Waals surface area contributed by atoms with Crippen LogP contribution in [-0.4, -0.2) is 14.1 Å². The van der Waals surface area contributed by atoms with E-state index in [9.17, 15) is 0 Å². The average molecular weight is 676 g/mol. The first-order valence-electron chi connectivity index (χ1n) is 18.5. The van der Waals surface area contributed by atoms with Gasteiger partial charge in [0.15, 0.2) is 0 Å². The molecule has 0 saturated heterocycles. The second-order valence-electron chi connectivity index (χ2n) is 15.0. The van der Waals surface area contributed by atoms with Gasteiger partial charge in [-0.3, -0.25) is 4.57 Å². The lowest BCUT2D eigenvalue weighted by atomic mass is 9.67. The van der Waals surface area contributed by atoms with Crippen LogP contribution in [0.2, 0.25) is 0 Å². The van der Waals surface area contributed by atoms with Gasteiger partial charge in [-0.05, 0) is 82.9 Å². The second-order valence-corrected chi connectivity index (χ2v) is 15.0. The Labute approximate surface area is 306 Å². The largest absolute Gasteiger partial charge is 0.309 e. The molecule has 0 bridgehead atoms. The average Bonchev–Trinajstić information content (AvgIpc) is 3.69. The molecule has 0 fully saturated rings. The van der Waals surface area contributed by atoms with Gasteiger partial charge in [0.05, 0.1) is 27.6 Å². The fourth-order valence-corrected chi connectivity index (χ4v) is 9.43. The fourth-order valence-electron chi connectivity index (χ4n) is 9.43. The molecule has 2 unspecified atom stereocenters. The highest BCUT2D eigenvalue weighted by Crippen LogP contribution is 2.53. The van der Waals surface area contributed by atoms with Crippen molar-refractivity contribution in [3.05, 3.63) is 187 Å². The topological polar surface area (TPSA) is 22.8 Å². The Hall–Kier alpha value is -6.71. The lowest BCUT2D eigenvalue weighted by Crippen LogP contribution is -2.25. The van der Waals surface area contributed by atoms with Gasteiger partial charge in [0.2, 0.25) is 0 Å². The van der Waals surface area contributed by atoms with Gasteiger partial charge >= 0.3 is 0 Å². The summed E-state index contributed by atoms with van der Waals surface area (Å²) in [6.45, 7) is 2.37. The predicted octanol–water partition coefficient (Wildman–Crippen LogP) is 12.6. The molecule has 3 aliphatic rings. The zero-order valence-electron chi connectivity index (χ0n) is 29.2. The van der Waals surface area contributed by atoms with Crippen molar-refractivity contribution in [3.8, 4) is 22.6 Å². The zero-order valence-corrected chi connectivity index (χ0v) is 29.2. The molecule has 2 aliphatic carbocycles. The van der Waals surface area contributed by atoms with Crippen molar-refractivity contribution in [1.29, 1.82) is 0 Å². The third kappa shape index (κ3) is 3.97. The van der Waals surface area contributed by atoms with Crippen molar-refractivity contribution >= 4 is 65.7 Å². The molecule has 9 aromatic rings. The maximum Gasteiger partial charge on any atom is 0.146 e. The molecule has 0 N–H and O–H groups in total. The Morgan fingerprint density at radius 1 is 0.566 bits per heavy atom. The van der Waals surface area contributed by atoms with Gasteiger partial charge in [-0.2, -0.15) is 0 Å². The Morgan fingerprint density at radius 3 is 2.15 bits per heavy atom. The molecule has 12 rings (SSSR count). The summed E-state index contributed by atoms with van der Waals surface area (Å²) >= 11 is 0. The van der Waals surface area contributed by atoms with Gasteiger partial charge in [-0.25, -0.2) is 4.98 Å². The lowest BCUT2D eigenvalue weighted by molar-refractivity contribution is 0.456. The van der Waals surface area contributed by atoms with Crippen LogP contribution in [0.5, 0.6) is 0 Å². The molecular formula is C50H33N3. The van der Waals surface area contributed by atoms with E-state index in [1.807, 2.05) is 0 Å². The number of nitrogens with zero attached hydrogens (tertiary/aromatic N) is 3. The number of rotatable bonds is 2. The van der Waals surface area contributed by atoms with Crippen molar-refractivity contribution in [3.63, 3.8) is 0 Å². The first-order chi connectivity index (χ1) is 26.1. The highest BCUT2D eigenvalue weighted by molar-refractivity contribution is 6.21. The second kappa shape index (κ2) is 10.4. The summed E-state index contributed by atoms with van der Waals surface area (Å²) in [7, 11) is 0. The van der Waals surface area contributed by atoms with Crippen LogP contribution in [0.3, 0.4) is 0 Å². The van der Waals surface area contributed by atoms with E-state index in [-0.39, 0.29) is 11.3 Å². The highest BCUT2D eigenvalue weighted by atomic mass is 15.1. The van der Waals surface area contributed by atoms with E-state index >= 15 is 0 Å². The van der Waals surface area contributed by atoms with Gasteiger partial charge in [0.25, 0.3) is 0 Å². The van der Waals surface area contributed by atoms with Crippen molar-refractivity contribution < 1.29 is 0 Å². The molecule has 0 spiro atoms. The number of para-hydroxylation sites is 4. The van der Waals surface area contributed by atoms with Gasteiger partial charge in [0, 0.05) is 55.1 Å². The fraction of sp³-hybridized carbons (Fsp3) is 0.0600. The van der Waals surface area contributed by atoms with Crippen LogP contribution in [0.25, 0.3) is 88.3 Å². The Balaban J connectivity index is 1.19. The molecule has 3 nitrogen and oxygen atoms in total. The molecule has 0 saturated carbocycles. The molecule has 3 heteroatoms. The van der Waals surface area contributed by atoms with Crippen LogP contribution in [0.1, 0.15) is 18.1 Å². The molecule has 0 radical (unpaired) electrons. The molecule has 1 aliphatic heterocycles. The van der Waals surface area contributed by atoms with Crippen LogP contribution in [0, 0.1) is 11.3 Å². The molecular weight excluding hydrogens is 643 g/mol. The SMILES string of the molecule is CC12C=CC=CC1C=C1C(=C2)c2cc(-c3ccc4c(c3)c3ccccc3n4-c3ccccc3)cc3c4ccccc4n(c23)-c2nc3ccccc3cc21. The molecule has 4 heterocycles. The van der Waals surface area contributed by atoms with Crippen LogP contribution < -0.4 is 0 Å². The first kappa shape index (κ1) is 28.9. The molecule has 53 heavy (non-hydrogen) atoms. The van der Waals surface area contributed by atoms with Gasteiger partial charge in [0.1, 0.15) is 5.82 Å². The molecule has 248 valence electrons. The summed E-state index contributed by atoms with van der Waals surface area (Å²) in [5.74, 6) is 1.25. The normalized spacial score (nSPS) is 18.6. The van der Waals surface area contributed by atoms with E-state index < -0.39 is 0 Å². The number of fused-ring (bicyclic) bond motifs is 13. The van der Waals surface area contributed by atoms with Gasteiger partial charge < -0.3 is 4.57 Å². The minimum absolute atomic E-state index is 0.139. The number of allylic oxidation sites excluding steroid dienone is 8. The monoisotopic (exact) mass is 675 g/mol. The van der Waals surface area contributed by atoms with E-state index in [2.05, 4.69) is 192 Å². The first-order valence-corrected chi connectivity index (χ1v) is 18.5. The van der Waals surface area contributed by atoms with Crippen molar-refractivity contribution in [2.75, 3.05) is 0 Å². The highest BCUT2D eigenvalue weighted by Gasteiger charge is 2.37. The van der Waals surface area contributed by atoms with Crippen molar-refractivity contribution in [1.82, 2.24) is 14.1 Å². The third-order valence-corrected chi connectivity index (χ3v) is 12.0. The minimum atomic E-state index is -0.139. The summed E-state index contributed by atoms with van der Waals surface area (Å²) < 4.78 is 4.83. The van der Waals surface area contributed by atoms with Crippen molar-refractivity contribution in [2.45, 2.75) is 6.92 Å². The molecule has 3 aromatic heterocycles. The number of hydrogen-bond acceptors (Lipinski definition) is 1. The Bertz CT molecular complexity index is 3180. The summed E-state index contributed by atoms with van der Waals surface area (Å²) in [4.78, 5) is 5.47. The van der Waals surface area contributed by atoms with E-state index in [1.54, 1.807) is 0 Å². The van der Waals surface area contributed by atoms with Crippen LogP contribution in [-0.2, 0) is 0 Å².